The van der Waals surface area contributed by atoms with E-state index >= 15 is 0 Å². The molecule has 0 radical (unpaired) electrons. The summed E-state index contributed by atoms with van der Waals surface area (Å²) in [6.45, 7) is 9.76. The van der Waals surface area contributed by atoms with Crippen molar-refractivity contribution < 1.29 is 4.74 Å². The second-order valence-electron chi connectivity index (χ2n) is 9.01. The van der Waals surface area contributed by atoms with Gasteiger partial charge in [-0.3, -0.25) is 0 Å². The summed E-state index contributed by atoms with van der Waals surface area (Å²) in [5.74, 6) is 1.13. The van der Waals surface area contributed by atoms with E-state index < -0.39 is 0 Å². The van der Waals surface area contributed by atoms with Gasteiger partial charge in [0.15, 0.2) is 5.65 Å². The molecular weight excluding hydrogens is 422 g/mol. The van der Waals surface area contributed by atoms with Crippen LogP contribution in [0.25, 0.3) is 16.8 Å². The predicted octanol–water partition coefficient (Wildman–Crippen LogP) is 6.65. The normalized spacial score (nSPS) is 11.7. The number of anilines is 1. The van der Waals surface area contributed by atoms with E-state index in [4.69, 9.17) is 16.3 Å². The topological polar surface area (TPSA) is 64.3 Å². The lowest BCUT2D eigenvalue weighted by Crippen LogP contribution is -2.12. The van der Waals surface area contributed by atoms with Gasteiger partial charge < -0.3 is 10.1 Å². The van der Waals surface area contributed by atoms with Crippen molar-refractivity contribution in [1.29, 1.82) is 0 Å². The Bertz CT molecular complexity index is 1230. The fraction of sp³-hybridized carbons (Fsp3) is 0.320. The third-order valence-corrected chi connectivity index (χ3v) is 5.48. The average Bonchev–Trinajstić information content (AvgIpc) is 3.13. The van der Waals surface area contributed by atoms with Crippen LogP contribution < -0.4 is 10.1 Å². The second kappa shape index (κ2) is 9.17. The number of ether oxygens (including phenoxy) is 1. The molecule has 0 fully saturated rings. The fourth-order valence-electron chi connectivity index (χ4n) is 3.41. The van der Waals surface area contributed by atoms with Crippen LogP contribution in [0.15, 0.2) is 54.6 Å². The number of hydrogen-bond acceptors (Lipinski definition) is 5. The van der Waals surface area contributed by atoms with Crippen LogP contribution in [-0.4, -0.2) is 26.4 Å². The zero-order valence-electron chi connectivity index (χ0n) is 18.9. The van der Waals surface area contributed by atoms with Crippen molar-refractivity contribution in [3.63, 3.8) is 0 Å². The molecule has 4 aromatic rings. The van der Waals surface area contributed by atoms with Gasteiger partial charge in [0.25, 0.3) is 0 Å². The molecule has 2 aromatic heterocycles. The Balaban J connectivity index is 1.69. The lowest BCUT2D eigenvalue weighted by Gasteiger charge is -2.19. The molecule has 4 rings (SSSR count). The van der Waals surface area contributed by atoms with E-state index in [0.717, 1.165) is 42.0 Å². The highest BCUT2D eigenvalue weighted by atomic mass is 35.5. The van der Waals surface area contributed by atoms with Crippen LogP contribution in [0.1, 0.15) is 39.7 Å². The van der Waals surface area contributed by atoms with Crippen molar-refractivity contribution >= 4 is 22.9 Å². The SMILES string of the molecule is CCc1cccc(-c2ccc(NCCC(C)(C)C)cc2Oc2ccc3nnc(Cl)n3n2)c1. The Labute approximate surface area is 193 Å². The molecule has 0 saturated heterocycles. The fourth-order valence-corrected chi connectivity index (χ4v) is 3.57. The maximum atomic E-state index is 6.27. The van der Waals surface area contributed by atoms with Gasteiger partial charge in [0.1, 0.15) is 5.75 Å². The number of aromatic nitrogens is 4. The number of halogens is 1. The third-order valence-electron chi connectivity index (χ3n) is 5.25. The summed E-state index contributed by atoms with van der Waals surface area (Å²) in [6, 6.07) is 18.3. The molecule has 0 aliphatic heterocycles. The Morgan fingerprint density at radius 1 is 1.03 bits per heavy atom. The monoisotopic (exact) mass is 449 g/mol. The van der Waals surface area contributed by atoms with Gasteiger partial charge in [0.05, 0.1) is 0 Å². The van der Waals surface area contributed by atoms with Crippen LogP contribution in [-0.2, 0) is 6.42 Å². The van der Waals surface area contributed by atoms with Crippen molar-refractivity contribution in [3.05, 3.63) is 65.4 Å². The Hall–Kier alpha value is -3.12. The molecule has 0 atom stereocenters. The van der Waals surface area contributed by atoms with Crippen molar-refractivity contribution in [2.75, 3.05) is 11.9 Å². The van der Waals surface area contributed by atoms with E-state index in [1.165, 1.54) is 10.1 Å². The summed E-state index contributed by atoms with van der Waals surface area (Å²) in [5.41, 5.74) is 5.21. The molecule has 32 heavy (non-hydrogen) atoms. The molecule has 1 N–H and O–H groups in total. The molecule has 0 bridgehead atoms. The summed E-state index contributed by atoms with van der Waals surface area (Å²) >= 11 is 6.09. The van der Waals surface area contributed by atoms with E-state index in [9.17, 15) is 0 Å². The van der Waals surface area contributed by atoms with Crippen LogP contribution in [0.4, 0.5) is 5.69 Å². The largest absolute Gasteiger partial charge is 0.437 e. The highest BCUT2D eigenvalue weighted by Gasteiger charge is 2.13. The minimum absolute atomic E-state index is 0.193. The zero-order valence-corrected chi connectivity index (χ0v) is 19.6. The van der Waals surface area contributed by atoms with Gasteiger partial charge in [-0.25, -0.2) is 0 Å². The zero-order chi connectivity index (χ0) is 22.7. The van der Waals surface area contributed by atoms with Gasteiger partial charge in [-0.05, 0) is 59.2 Å². The average molecular weight is 450 g/mol. The van der Waals surface area contributed by atoms with Crippen molar-refractivity contribution in [3.8, 4) is 22.8 Å². The van der Waals surface area contributed by atoms with Crippen molar-refractivity contribution in [1.82, 2.24) is 19.8 Å². The molecule has 0 unspecified atom stereocenters. The summed E-state index contributed by atoms with van der Waals surface area (Å²) in [6.07, 6.45) is 2.04. The molecule has 7 heteroatoms. The smallest absolute Gasteiger partial charge is 0.246 e. The van der Waals surface area contributed by atoms with Crippen molar-refractivity contribution in [2.24, 2.45) is 5.41 Å². The number of aryl methyl sites for hydroxylation is 1. The number of benzene rings is 2. The van der Waals surface area contributed by atoms with E-state index in [1.54, 1.807) is 12.1 Å². The molecule has 2 aromatic carbocycles. The van der Waals surface area contributed by atoms with E-state index in [2.05, 4.69) is 84.7 Å². The minimum Gasteiger partial charge on any atom is -0.437 e. The van der Waals surface area contributed by atoms with Crippen molar-refractivity contribution in [2.45, 2.75) is 40.5 Å². The summed E-state index contributed by atoms with van der Waals surface area (Å²) in [5, 5.41) is 16.0. The van der Waals surface area contributed by atoms with Crippen LogP contribution in [0.2, 0.25) is 5.28 Å². The van der Waals surface area contributed by atoms with Gasteiger partial charge >= 0.3 is 0 Å². The first-order valence-corrected chi connectivity index (χ1v) is 11.2. The second-order valence-corrected chi connectivity index (χ2v) is 9.35. The number of nitrogens with one attached hydrogen (secondary N) is 1. The maximum Gasteiger partial charge on any atom is 0.246 e. The summed E-state index contributed by atoms with van der Waals surface area (Å²) < 4.78 is 7.73. The van der Waals surface area contributed by atoms with Crippen LogP contribution >= 0.6 is 11.6 Å². The number of hydrogen-bond donors (Lipinski definition) is 1. The molecule has 6 nitrogen and oxygen atoms in total. The molecule has 0 saturated carbocycles. The highest BCUT2D eigenvalue weighted by molar-refractivity contribution is 6.28. The van der Waals surface area contributed by atoms with Crippen LogP contribution in [0.3, 0.4) is 0 Å². The van der Waals surface area contributed by atoms with Gasteiger partial charge in [0, 0.05) is 29.9 Å². The molecular formula is C25H28ClN5O. The standard InChI is InChI=1S/C25H28ClN5O/c1-5-17-7-6-8-18(15-17)20-10-9-19(27-14-13-25(2,3)4)16-21(20)32-23-12-11-22-28-29-24(26)31(22)30-23/h6-12,15-16,27H,5,13-14H2,1-4H3. The number of nitrogens with zero attached hydrogens (tertiary/aromatic N) is 4. The quantitative estimate of drug-likeness (QED) is 0.342. The lowest BCUT2D eigenvalue weighted by molar-refractivity contribution is 0.390. The van der Waals surface area contributed by atoms with Crippen LogP contribution in [0.5, 0.6) is 11.6 Å². The Kier molecular flexibility index (Phi) is 6.33. The highest BCUT2D eigenvalue weighted by Crippen LogP contribution is 2.36. The van der Waals surface area contributed by atoms with Crippen LogP contribution in [0, 0.1) is 5.41 Å². The predicted molar refractivity (Wildman–Crippen MR) is 130 cm³/mol. The van der Waals surface area contributed by atoms with Gasteiger partial charge in [-0.15, -0.1) is 15.3 Å². The summed E-state index contributed by atoms with van der Waals surface area (Å²) in [7, 11) is 0. The summed E-state index contributed by atoms with van der Waals surface area (Å²) in [4.78, 5) is 0. The van der Waals surface area contributed by atoms with E-state index in [1.807, 2.05) is 6.07 Å². The molecule has 0 aliphatic carbocycles. The third kappa shape index (κ3) is 5.19. The Morgan fingerprint density at radius 2 is 1.88 bits per heavy atom. The number of fused-ring (bicyclic) bond motifs is 1. The first kappa shape index (κ1) is 22.1. The minimum atomic E-state index is 0.193. The Morgan fingerprint density at radius 3 is 2.66 bits per heavy atom. The molecule has 0 aliphatic rings. The maximum absolute atomic E-state index is 6.27. The number of rotatable bonds is 7. The first-order valence-electron chi connectivity index (χ1n) is 10.9. The molecule has 0 amide bonds. The first-order chi connectivity index (χ1) is 15.3. The lowest BCUT2D eigenvalue weighted by atomic mass is 9.92. The van der Waals surface area contributed by atoms with E-state index in [0.29, 0.717) is 11.5 Å². The van der Waals surface area contributed by atoms with Gasteiger partial charge in [0.2, 0.25) is 11.2 Å². The van der Waals surface area contributed by atoms with Gasteiger partial charge in [-0.2, -0.15) is 4.52 Å². The molecule has 2 heterocycles. The molecule has 166 valence electrons. The van der Waals surface area contributed by atoms with Gasteiger partial charge in [-0.1, -0.05) is 52.0 Å². The van der Waals surface area contributed by atoms with E-state index in [-0.39, 0.29) is 10.7 Å². The molecule has 0 spiro atoms.